The molecule has 0 fully saturated rings. The van der Waals surface area contributed by atoms with Crippen molar-refractivity contribution < 1.29 is 22.3 Å². The van der Waals surface area contributed by atoms with Crippen molar-refractivity contribution in [1.82, 2.24) is 0 Å². The second-order valence-electron chi connectivity index (χ2n) is 5.23. The Hall–Kier alpha value is -2.16. The van der Waals surface area contributed by atoms with Gasteiger partial charge in [0, 0.05) is 5.69 Å². The highest BCUT2D eigenvalue weighted by Crippen LogP contribution is 2.24. The second kappa shape index (κ2) is 8.28. The van der Waals surface area contributed by atoms with Crippen molar-refractivity contribution in [3.63, 3.8) is 0 Å². The molecule has 2 aromatic carbocycles. The van der Waals surface area contributed by atoms with Crippen molar-refractivity contribution in [3.8, 4) is 5.75 Å². The van der Waals surface area contributed by atoms with Crippen LogP contribution in [0.25, 0.3) is 0 Å². The first-order valence-corrected chi connectivity index (χ1v) is 9.29. The van der Waals surface area contributed by atoms with E-state index in [0.29, 0.717) is 17.0 Å². The number of rotatable bonds is 7. The number of hydrogen-bond donors (Lipinski definition) is 2. The van der Waals surface area contributed by atoms with Crippen LogP contribution in [0, 0.1) is 5.82 Å². The number of ether oxygens (including phenoxy) is 1. The van der Waals surface area contributed by atoms with Crippen LogP contribution in [0.2, 0.25) is 5.02 Å². The zero-order valence-electron chi connectivity index (χ0n) is 13.0. The molecule has 0 bridgehead atoms. The lowest BCUT2D eigenvalue weighted by atomic mass is 10.2. The van der Waals surface area contributed by atoms with Crippen LogP contribution >= 0.6 is 11.6 Å². The van der Waals surface area contributed by atoms with Gasteiger partial charge in [0.25, 0.3) is 0 Å². The lowest BCUT2D eigenvalue weighted by Crippen LogP contribution is -2.16. The largest absolute Gasteiger partial charge is 0.491 e. The maximum atomic E-state index is 12.9. The number of nitrogens with one attached hydrogen (secondary N) is 1. The van der Waals surface area contributed by atoms with Crippen LogP contribution < -0.4 is 15.2 Å². The van der Waals surface area contributed by atoms with Crippen LogP contribution in [0.5, 0.6) is 5.75 Å². The smallest absolute Gasteiger partial charge is 0.227 e. The number of halogens is 2. The van der Waals surface area contributed by atoms with Gasteiger partial charge < -0.3 is 10.1 Å². The number of hydrogen-bond acceptors (Lipinski definition) is 4. The third-order valence-electron chi connectivity index (χ3n) is 3.09. The van der Waals surface area contributed by atoms with Crippen molar-refractivity contribution in [2.75, 3.05) is 11.9 Å². The number of carbonyl (C=O) groups excluding carboxylic acids is 1. The molecule has 1 amide bonds. The summed E-state index contributed by atoms with van der Waals surface area (Å²) in [6, 6.07) is 10.0. The molecular weight excluding hydrogens is 371 g/mol. The molecule has 0 spiro atoms. The number of carbonyl (C=O) groups is 1. The molecule has 0 aliphatic heterocycles. The fraction of sp³-hybridized carbons (Fsp3) is 0.188. The summed E-state index contributed by atoms with van der Waals surface area (Å²) in [7, 11) is -3.60. The number of amides is 1. The molecule has 0 unspecified atom stereocenters. The summed E-state index contributed by atoms with van der Waals surface area (Å²) in [6.07, 6.45) is 0.0621. The van der Waals surface area contributed by atoms with E-state index in [2.05, 4.69) is 5.32 Å². The summed E-state index contributed by atoms with van der Waals surface area (Å²) in [4.78, 5) is 11.9. The van der Waals surface area contributed by atoms with Crippen molar-refractivity contribution >= 4 is 33.2 Å². The van der Waals surface area contributed by atoms with Gasteiger partial charge in [-0.15, -0.1) is 0 Å². The third kappa shape index (κ3) is 6.69. The summed E-state index contributed by atoms with van der Waals surface area (Å²) in [5, 5.41) is 7.75. The fourth-order valence-corrected chi connectivity index (χ4v) is 2.86. The summed E-state index contributed by atoms with van der Waals surface area (Å²) in [6.45, 7) is 0.0701. The quantitative estimate of drug-likeness (QED) is 0.764. The van der Waals surface area contributed by atoms with E-state index in [0.717, 1.165) is 6.07 Å². The summed E-state index contributed by atoms with van der Waals surface area (Å²) < 4.78 is 40.3. The van der Waals surface area contributed by atoms with Gasteiger partial charge >= 0.3 is 0 Å². The molecule has 25 heavy (non-hydrogen) atoms. The highest BCUT2D eigenvalue weighted by molar-refractivity contribution is 7.88. The van der Waals surface area contributed by atoms with Gasteiger partial charge in [0.05, 0.1) is 23.8 Å². The Bertz CT molecular complexity index is 857. The van der Waals surface area contributed by atoms with E-state index in [9.17, 15) is 17.6 Å². The molecule has 2 rings (SSSR count). The zero-order valence-corrected chi connectivity index (χ0v) is 14.6. The first kappa shape index (κ1) is 19.2. The summed E-state index contributed by atoms with van der Waals surface area (Å²) in [5.74, 6) is -0.741. The topological polar surface area (TPSA) is 98.5 Å². The van der Waals surface area contributed by atoms with Gasteiger partial charge in [-0.2, -0.15) is 0 Å². The van der Waals surface area contributed by atoms with Crippen LogP contribution in [0.4, 0.5) is 10.1 Å². The molecule has 0 aliphatic carbocycles. The van der Waals surface area contributed by atoms with Crippen LogP contribution in [0.1, 0.15) is 12.0 Å². The van der Waals surface area contributed by atoms with Gasteiger partial charge in [-0.25, -0.2) is 17.9 Å². The Balaban J connectivity index is 1.82. The fourth-order valence-electron chi connectivity index (χ4n) is 1.99. The Morgan fingerprint density at radius 3 is 2.48 bits per heavy atom. The first-order valence-electron chi connectivity index (χ1n) is 7.20. The zero-order chi connectivity index (χ0) is 18.4. The molecular formula is C16H16ClFN2O4S. The van der Waals surface area contributed by atoms with Crippen molar-refractivity contribution in [1.29, 1.82) is 0 Å². The molecule has 0 atom stereocenters. The predicted octanol–water partition coefficient (Wildman–Crippen LogP) is 2.68. The molecule has 0 aliphatic rings. The SMILES string of the molecule is NS(=O)(=O)Cc1ccc(NC(=O)CCOc2ccc(F)cc2Cl)cc1. The molecule has 6 nitrogen and oxygen atoms in total. The van der Waals surface area contributed by atoms with E-state index in [-0.39, 0.29) is 29.7 Å². The van der Waals surface area contributed by atoms with Gasteiger partial charge in [0.2, 0.25) is 15.9 Å². The van der Waals surface area contributed by atoms with Crippen LogP contribution in [-0.2, 0) is 20.6 Å². The van der Waals surface area contributed by atoms with Gasteiger partial charge in [0.1, 0.15) is 11.6 Å². The summed E-state index contributed by atoms with van der Waals surface area (Å²) >= 11 is 5.82. The van der Waals surface area contributed by atoms with Crippen molar-refractivity contribution in [2.24, 2.45) is 5.14 Å². The van der Waals surface area contributed by atoms with Crippen molar-refractivity contribution in [2.45, 2.75) is 12.2 Å². The minimum Gasteiger partial charge on any atom is -0.491 e. The Morgan fingerprint density at radius 2 is 1.88 bits per heavy atom. The molecule has 0 radical (unpaired) electrons. The maximum Gasteiger partial charge on any atom is 0.227 e. The first-order chi connectivity index (χ1) is 11.7. The number of benzene rings is 2. The van der Waals surface area contributed by atoms with Crippen LogP contribution in [0.3, 0.4) is 0 Å². The maximum absolute atomic E-state index is 12.9. The van der Waals surface area contributed by atoms with E-state index in [1.807, 2.05) is 0 Å². The molecule has 9 heteroatoms. The van der Waals surface area contributed by atoms with Gasteiger partial charge in [0.15, 0.2) is 0 Å². The Labute approximate surface area is 149 Å². The number of primary sulfonamides is 1. The molecule has 0 saturated heterocycles. The lowest BCUT2D eigenvalue weighted by molar-refractivity contribution is -0.116. The molecule has 0 heterocycles. The van der Waals surface area contributed by atoms with E-state index < -0.39 is 15.8 Å². The molecule has 0 saturated carbocycles. The molecule has 0 aromatic heterocycles. The Kier molecular flexibility index (Phi) is 6.35. The third-order valence-corrected chi connectivity index (χ3v) is 4.12. The average Bonchev–Trinajstić information content (AvgIpc) is 2.50. The standard InChI is InChI=1S/C16H16ClFN2O4S/c17-14-9-12(18)3-6-15(14)24-8-7-16(21)20-13-4-1-11(2-5-13)10-25(19,22)23/h1-6,9H,7-8,10H2,(H,20,21)(H2,19,22,23). The van der Waals surface area contributed by atoms with E-state index in [1.165, 1.54) is 12.1 Å². The highest BCUT2D eigenvalue weighted by atomic mass is 35.5. The van der Waals surface area contributed by atoms with E-state index in [1.54, 1.807) is 24.3 Å². The molecule has 3 N–H and O–H groups in total. The minimum absolute atomic E-state index is 0.0621. The second-order valence-corrected chi connectivity index (χ2v) is 7.25. The monoisotopic (exact) mass is 386 g/mol. The van der Waals surface area contributed by atoms with Gasteiger partial charge in [-0.05, 0) is 35.9 Å². The Morgan fingerprint density at radius 1 is 1.20 bits per heavy atom. The van der Waals surface area contributed by atoms with Gasteiger partial charge in [-0.1, -0.05) is 23.7 Å². The molecule has 134 valence electrons. The van der Waals surface area contributed by atoms with E-state index >= 15 is 0 Å². The number of sulfonamides is 1. The normalized spacial score (nSPS) is 11.2. The minimum atomic E-state index is -3.60. The number of nitrogens with two attached hydrogens (primary N) is 1. The highest BCUT2D eigenvalue weighted by Gasteiger charge is 2.08. The van der Waals surface area contributed by atoms with Crippen molar-refractivity contribution in [3.05, 3.63) is 58.9 Å². The predicted molar refractivity (Wildman–Crippen MR) is 93.4 cm³/mol. The average molecular weight is 387 g/mol. The van der Waals surface area contributed by atoms with Crippen LogP contribution in [0.15, 0.2) is 42.5 Å². The van der Waals surface area contributed by atoms with Gasteiger partial charge in [-0.3, -0.25) is 4.79 Å². The number of anilines is 1. The molecule has 2 aromatic rings. The lowest BCUT2D eigenvalue weighted by Gasteiger charge is -2.09. The summed E-state index contributed by atoms with van der Waals surface area (Å²) in [5.41, 5.74) is 1.04. The van der Waals surface area contributed by atoms with Crippen LogP contribution in [-0.4, -0.2) is 20.9 Å². The van der Waals surface area contributed by atoms with E-state index in [4.69, 9.17) is 21.5 Å².